The van der Waals surface area contributed by atoms with Crippen molar-refractivity contribution < 1.29 is 19.1 Å². The fraction of sp³-hybridized carbons (Fsp3) is 0.688. The lowest BCUT2D eigenvalue weighted by atomic mass is 9.58. The summed E-state index contributed by atoms with van der Waals surface area (Å²) in [5.41, 5.74) is 5.44. The first-order valence-electron chi connectivity index (χ1n) is 14.1. The van der Waals surface area contributed by atoms with Gasteiger partial charge in [-0.25, -0.2) is 4.79 Å². The standard InChI is InChI=1S/C32H48O4/c1-22(2)12-7-9-14-24-16-11-17-27(24)32(31(34)36-6)21-20-26(30(33)35-5)29-25(18-19-28(29)32)15-10-8-13-23(3)4/h12-13,17,24-25,28H,7-11,14-16,18-21H2,1-6H3. The number of hydrogen-bond acceptors (Lipinski definition) is 4. The maximum absolute atomic E-state index is 13.8. The van der Waals surface area contributed by atoms with E-state index >= 15 is 0 Å². The van der Waals surface area contributed by atoms with Crippen molar-refractivity contribution in [1.29, 1.82) is 0 Å². The summed E-state index contributed by atoms with van der Waals surface area (Å²) in [6.07, 6.45) is 18.9. The van der Waals surface area contributed by atoms with E-state index in [4.69, 9.17) is 9.47 Å². The van der Waals surface area contributed by atoms with Gasteiger partial charge in [0.1, 0.15) is 0 Å². The van der Waals surface area contributed by atoms with Gasteiger partial charge in [-0.05, 0) is 117 Å². The molecular formula is C32H48O4. The van der Waals surface area contributed by atoms with E-state index in [0.717, 1.165) is 69.8 Å². The number of unbranched alkanes of at least 4 members (excludes halogenated alkanes) is 2. The number of fused-ring (bicyclic) bond motifs is 1. The van der Waals surface area contributed by atoms with Gasteiger partial charge in [0.2, 0.25) is 0 Å². The lowest BCUT2D eigenvalue weighted by Crippen LogP contribution is -2.45. The molecule has 200 valence electrons. The van der Waals surface area contributed by atoms with Crippen LogP contribution < -0.4 is 0 Å². The van der Waals surface area contributed by atoms with Gasteiger partial charge < -0.3 is 9.47 Å². The van der Waals surface area contributed by atoms with Gasteiger partial charge in [-0.3, -0.25) is 4.79 Å². The second-order valence-corrected chi connectivity index (χ2v) is 11.6. The summed E-state index contributed by atoms with van der Waals surface area (Å²) in [5.74, 6) is 0.514. The Labute approximate surface area is 219 Å². The highest BCUT2D eigenvalue weighted by Crippen LogP contribution is 2.61. The van der Waals surface area contributed by atoms with Crippen LogP contribution in [0.2, 0.25) is 0 Å². The van der Waals surface area contributed by atoms with Crippen molar-refractivity contribution in [3.05, 3.63) is 46.1 Å². The smallest absolute Gasteiger partial charge is 0.333 e. The first-order valence-corrected chi connectivity index (χ1v) is 14.1. The molecular weight excluding hydrogens is 448 g/mol. The summed E-state index contributed by atoms with van der Waals surface area (Å²) >= 11 is 0. The summed E-state index contributed by atoms with van der Waals surface area (Å²) in [6.45, 7) is 8.58. The number of rotatable bonds is 11. The van der Waals surface area contributed by atoms with Crippen LogP contribution in [-0.4, -0.2) is 26.2 Å². The molecule has 4 heteroatoms. The van der Waals surface area contributed by atoms with Crippen molar-refractivity contribution >= 4 is 11.9 Å². The predicted octanol–water partition coefficient (Wildman–Crippen LogP) is 8.04. The third-order valence-corrected chi connectivity index (χ3v) is 8.77. The van der Waals surface area contributed by atoms with Gasteiger partial charge in [0.25, 0.3) is 0 Å². The van der Waals surface area contributed by atoms with E-state index in [0.29, 0.717) is 24.7 Å². The Hall–Kier alpha value is -2.10. The van der Waals surface area contributed by atoms with Crippen LogP contribution in [0, 0.1) is 23.2 Å². The lowest BCUT2D eigenvalue weighted by Gasteiger charge is -2.45. The second kappa shape index (κ2) is 12.9. The van der Waals surface area contributed by atoms with Crippen LogP contribution in [0.15, 0.2) is 46.1 Å². The van der Waals surface area contributed by atoms with Crippen LogP contribution in [0.5, 0.6) is 0 Å². The van der Waals surface area contributed by atoms with Crippen LogP contribution >= 0.6 is 0 Å². The molecule has 3 aliphatic rings. The highest BCUT2D eigenvalue weighted by Gasteiger charge is 2.58. The van der Waals surface area contributed by atoms with Gasteiger partial charge in [-0.2, -0.15) is 0 Å². The average Bonchev–Trinajstić information content (AvgIpc) is 3.50. The maximum atomic E-state index is 13.8. The average molecular weight is 497 g/mol. The third kappa shape index (κ3) is 6.06. The van der Waals surface area contributed by atoms with Crippen LogP contribution in [0.25, 0.3) is 0 Å². The van der Waals surface area contributed by atoms with Gasteiger partial charge in [-0.1, -0.05) is 40.5 Å². The molecule has 3 aliphatic carbocycles. The Morgan fingerprint density at radius 1 is 0.917 bits per heavy atom. The molecule has 4 unspecified atom stereocenters. The van der Waals surface area contributed by atoms with Crippen molar-refractivity contribution in [2.75, 3.05) is 14.2 Å². The zero-order valence-electron chi connectivity index (χ0n) is 23.6. The summed E-state index contributed by atoms with van der Waals surface area (Å²) in [7, 11) is 3.02. The minimum Gasteiger partial charge on any atom is -0.468 e. The molecule has 1 fully saturated rings. The molecule has 36 heavy (non-hydrogen) atoms. The molecule has 0 saturated heterocycles. The highest BCUT2D eigenvalue weighted by atomic mass is 16.5. The normalized spacial score (nSPS) is 27.3. The molecule has 0 aromatic heterocycles. The third-order valence-electron chi connectivity index (χ3n) is 8.77. The highest BCUT2D eigenvalue weighted by molar-refractivity contribution is 5.92. The molecule has 0 aromatic rings. The molecule has 0 aromatic carbocycles. The van der Waals surface area contributed by atoms with E-state index in [1.165, 1.54) is 36.5 Å². The van der Waals surface area contributed by atoms with Crippen molar-refractivity contribution in [3.63, 3.8) is 0 Å². The Balaban J connectivity index is 1.94. The Bertz CT molecular complexity index is 926. The van der Waals surface area contributed by atoms with Crippen LogP contribution in [0.1, 0.15) is 105 Å². The molecule has 0 heterocycles. The maximum Gasteiger partial charge on any atom is 0.333 e. The molecule has 3 rings (SSSR count). The summed E-state index contributed by atoms with van der Waals surface area (Å²) in [5, 5.41) is 0. The minimum atomic E-state index is -0.631. The molecule has 4 atom stereocenters. The van der Waals surface area contributed by atoms with Gasteiger partial charge in [0, 0.05) is 11.5 Å². The number of methoxy groups -OCH3 is 2. The van der Waals surface area contributed by atoms with Gasteiger partial charge in [0.05, 0.1) is 19.6 Å². The van der Waals surface area contributed by atoms with E-state index in [1.54, 1.807) is 0 Å². The van der Waals surface area contributed by atoms with E-state index in [-0.39, 0.29) is 17.9 Å². The molecule has 0 N–H and O–H groups in total. The van der Waals surface area contributed by atoms with E-state index in [1.807, 2.05) is 0 Å². The topological polar surface area (TPSA) is 52.6 Å². The van der Waals surface area contributed by atoms with Crippen LogP contribution in [0.3, 0.4) is 0 Å². The van der Waals surface area contributed by atoms with E-state index in [2.05, 4.69) is 45.9 Å². The van der Waals surface area contributed by atoms with Crippen LogP contribution in [-0.2, 0) is 19.1 Å². The summed E-state index contributed by atoms with van der Waals surface area (Å²) in [6, 6.07) is 0. The molecule has 0 spiro atoms. The van der Waals surface area contributed by atoms with Crippen molar-refractivity contribution in [1.82, 2.24) is 0 Å². The zero-order chi connectivity index (χ0) is 26.3. The Morgan fingerprint density at radius 2 is 1.56 bits per heavy atom. The van der Waals surface area contributed by atoms with Gasteiger partial charge in [0.15, 0.2) is 0 Å². The number of ether oxygens (including phenoxy) is 2. The predicted molar refractivity (Wildman–Crippen MR) is 146 cm³/mol. The van der Waals surface area contributed by atoms with Crippen LogP contribution in [0.4, 0.5) is 0 Å². The molecule has 0 amide bonds. The SMILES string of the molecule is COC(=O)C1=C2C(CCCC=C(C)C)CCC2C(C(=O)OC)(C2=CCCC2CCCC=C(C)C)CC1. The first-order chi connectivity index (χ1) is 17.3. The summed E-state index contributed by atoms with van der Waals surface area (Å²) in [4.78, 5) is 26.7. The molecule has 0 bridgehead atoms. The number of carbonyl (C=O) groups excluding carboxylic acids is 2. The molecule has 1 saturated carbocycles. The van der Waals surface area contributed by atoms with E-state index < -0.39 is 5.41 Å². The monoisotopic (exact) mass is 496 g/mol. The number of hydrogen-bond donors (Lipinski definition) is 0. The number of carbonyl (C=O) groups is 2. The lowest BCUT2D eigenvalue weighted by molar-refractivity contribution is -0.154. The summed E-state index contributed by atoms with van der Waals surface area (Å²) < 4.78 is 10.8. The van der Waals surface area contributed by atoms with Crippen molar-refractivity contribution in [2.45, 2.75) is 105 Å². The first kappa shape index (κ1) is 28.5. The van der Waals surface area contributed by atoms with Crippen molar-refractivity contribution in [2.24, 2.45) is 23.2 Å². The van der Waals surface area contributed by atoms with Crippen molar-refractivity contribution in [3.8, 4) is 0 Å². The number of esters is 2. The molecule has 0 radical (unpaired) electrons. The molecule has 0 aliphatic heterocycles. The van der Waals surface area contributed by atoms with Gasteiger partial charge >= 0.3 is 11.9 Å². The van der Waals surface area contributed by atoms with Gasteiger partial charge in [-0.15, -0.1) is 0 Å². The zero-order valence-corrected chi connectivity index (χ0v) is 23.6. The fourth-order valence-electron chi connectivity index (χ4n) is 7.22. The van der Waals surface area contributed by atoms with E-state index in [9.17, 15) is 9.59 Å². The minimum absolute atomic E-state index is 0.0471. The Morgan fingerprint density at radius 3 is 2.14 bits per heavy atom. The number of allylic oxidation sites excluding steroid dienone is 6. The Kier molecular flexibility index (Phi) is 10.2. The second-order valence-electron chi connectivity index (χ2n) is 11.6. The largest absolute Gasteiger partial charge is 0.468 e. The fourth-order valence-corrected chi connectivity index (χ4v) is 7.22. The molecule has 4 nitrogen and oxygen atoms in total. The quantitative estimate of drug-likeness (QED) is 0.165.